The van der Waals surface area contributed by atoms with Crippen molar-refractivity contribution in [3.8, 4) is 0 Å². The maximum atomic E-state index is 12.8. The Bertz CT molecular complexity index is 684. The lowest BCUT2D eigenvalue weighted by molar-refractivity contribution is 0.0649. The minimum Gasteiger partial charge on any atom is -0.398 e. The number of anilines is 1. The number of rotatable bonds is 2. The van der Waals surface area contributed by atoms with Gasteiger partial charge in [0.15, 0.2) is 0 Å². The SMILES string of the molecule is CC1CCN(C(=O)c2cc3ccccc3cc2N)C1CO. The Balaban J connectivity index is 2.00. The molecule has 3 rings (SSSR count). The summed E-state index contributed by atoms with van der Waals surface area (Å²) in [5.74, 6) is 0.238. The number of amides is 1. The van der Waals surface area contributed by atoms with Crippen LogP contribution in [0.15, 0.2) is 36.4 Å². The van der Waals surface area contributed by atoms with Gasteiger partial charge in [-0.25, -0.2) is 0 Å². The fraction of sp³-hybridized carbons (Fsp3) is 0.353. The molecule has 1 aliphatic heterocycles. The van der Waals surface area contributed by atoms with Crippen LogP contribution in [-0.4, -0.2) is 35.1 Å². The van der Waals surface area contributed by atoms with Crippen molar-refractivity contribution in [1.29, 1.82) is 0 Å². The predicted octanol–water partition coefficient (Wildman–Crippen LogP) is 2.26. The third-order valence-corrected chi connectivity index (χ3v) is 4.48. The van der Waals surface area contributed by atoms with Gasteiger partial charge in [0.25, 0.3) is 5.91 Å². The number of likely N-dealkylation sites (tertiary alicyclic amines) is 1. The highest BCUT2D eigenvalue weighted by molar-refractivity contribution is 6.04. The molecule has 1 fully saturated rings. The Labute approximate surface area is 124 Å². The predicted molar refractivity (Wildman–Crippen MR) is 84.1 cm³/mol. The van der Waals surface area contributed by atoms with Crippen molar-refractivity contribution in [2.24, 2.45) is 5.92 Å². The minimum atomic E-state index is -0.108. The van der Waals surface area contributed by atoms with Crippen molar-refractivity contribution in [3.63, 3.8) is 0 Å². The van der Waals surface area contributed by atoms with E-state index in [2.05, 4.69) is 6.92 Å². The first kappa shape index (κ1) is 13.9. The monoisotopic (exact) mass is 284 g/mol. The highest BCUT2D eigenvalue weighted by atomic mass is 16.3. The van der Waals surface area contributed by atoms with Gasteiger partial charge < -0.3 is 15.7 Å². The summed E-state index contributed by atoms with van der Waals surface area (Å²) in [6.07, 6.45) is 0.921. The van der Waals surface area contributed by atoms with E-state index in [1.54, 1.807) is 4.90 Å². The summed E-state index contributed by atoms with van der Waals surface area (Å²) in [5, 5.41) is 11.5. The van der Waals surface area contributed by atoms with Gasteiger partial charge in [-0.05, 0) is 35.2 Å². The van der Waals surface area contributed by atoms with Crippen LogP contribution in [0.2, 0.25) is 0 Å². The Kier molecular flexibility index (Phi) is 3.55. The average Bonchev–Trinajstić information content (AvgIpc) is 2.86. The molecule has 2 unspecified atom stereocenters. The number of hydrogen-bond donors (Lipinski definition) is 2. The topological polar surface area (TPSA) is 66.6 Å². The summed E-state index contributed by atoms with van der Waals surface area (Å²) in [7, 11) is 0. The van der Waals surface area contributed by atoms with Crippen molar-refractivity contribution in [2.75, 3.05) is 18.9 Å². The molecule has 3 N–H and O–H groups in total. The van der Waals surface area contributed by atoms with Crippen molar-refractivity contribution >= 4 is 22.4 Å². The lowest BCUT2D eigenvalue weighted by Gasteiger charge is -2.26. The Morgan fingerprint density at radius 1 is 1.33 bits per heavy atom. The number of fused-ring (bicyclic) bond motifs is 1. The Hall–Kier alpha value is -2.07. The van der Waals surface area contributed by atoms with Gasteiger partial charge in [0.2, 0.25) is 0 Å². The zero-order valence-electron chi connectivity index (χ0n) is 12.1. The molecule has 1 saturated heterocycles. The van der Waals surface area contributed by atoms with Crippen LogP contribution in [0.3, 0.4) is 0 Å². The molecule has 4 heteroatoms. The van der Waals surface area contributed by atoms with Crippen LogP contribution >= 0.6 is 0 Å². The van der Waals surface area contributed by atoms with Gasteiger partial charge in [0.05, 0.1) is 18.2 Å². The Morgan fingerprint density at radius 2 is 2.00 bits per heavy atom. The molecule has 0 spiro atoms. The first-order valence-electron chi connectivity index (χ1n) is 7.32. The normalized spacial score (nSPS) is 21.9. The average molecular weight is 284 g/mol. The van der Waals surface area contributed by atoms with E-state index in [0.717, 1.165) is 17.2 Å². The fourth-order valence-corrected chi connectivity index (χ4v) is 3.14. The molecule has 0 aromatic heterocycles. The summed E-state index contributed by atoms with van der Waals surface area (Å²) in [6, 6.07) is 11.4. The van der Waals surface area contributed by atoms with E-state index in [1.165, 1.54) is 0 Å². The second kappa shape index (κ2) is 5.37. The van der Waals surface area contributed by atoms with E-state index >= 15 is 0 Å². The summed E-state index contributed by atoms with van der Waals surface area (Å²) in [5.41, 5.74) is 7.09. The molecule has 1 amide bonds. The minimum absolute atomic E-state index is 0.000390. The molecule has 2 aromatic carbocycles. The summed E-state index contributed by atoms with van der Waals surface area (Å²) in [6.45, 7) is 2.75. The van der Waals surface area contributed by atoms with Gasteiger partial charge in [-0.3, -0.25) is 4.79 Å². The van der Waals surface area contributed by atoms with E-state index in [0.29, 0.717) is 23.7 Å². The molecular formula is C17H20N2O2. The first-order chi connectivity index (χ1) is 10.1. The number of aliphatic hydroxyl groups is 1. The van der Waals surface area contributed by atoms with Gasteiger partial charge >= 0.3 is 0 Å². The van der Waals surface area contributed by atoms with Crippen LogP contribution in [0.4, 0.5) is 5.69 Å². The lowest BCUT2D eigenvalue weighted by Crippen LogP contribution is -2.40. The lowest BCUT2D eigenvalue weighted by atomic mass is 10.0. The molecule has 1 aliphatic rings. The quantitative estimate of drug-likeness (QED) is 0.831. The molecule has 110 valence electrons. The summed E-state index contributed by atoms with van der Waals surface area (Å²) >= 11 is 0. The number of carbonyl (C=O) groups is 1. The van der Waals surface area contributed by atoms with Gasteiger partial charge in [-0.15, -0.1) is 0 Å². The summed E-state index contributed by atoms with van der Waals surface area (Å²) < 4.78 is 0. The van der Waals surface area contributed by atoms with Gasteiger partial charge in [-0.2, -0.15) is 0 Å². The van der Waals surface area contributed by atoms with Gasteiger partial charge in [-0.1, -0.05) is 31.2 Å². The number of aliphatic hydroxyl groups excluding tert-OH is 1. The molecule has 2 atom stereocenters. The van der Waals surface area contributed by atoms with Crippen LogP contribution in [-0.2, 0) is 0 Å². The van der Waals surface area contributed by atoms with Crippen LogP contribution < -0.4 is 5.73 Å². The van der Waals surface area contributed by atoms with Crippen molar-refractivity contribution in [2.45, 2.75) is 19.4 Å². The smallest absolute Gasteiger partial charge is 0.256 e. The highest BCUT2D eigenvalue weighted by Gasteiger charge is 2.34. The fourth-order valence-electron chi connectivity index (χ4n) is 3.14. The van der Waals surface area contributed by atoms with Crippen LogP contribution in [0.5, 0.6) is 0 Å². The maximum Gasteiger partial charge on any atom is 0.256 e. The third kappa shape index (κ3) is 2.36. The van der Waals surface area contributed by atoms with Crippen LogP contribution in [0.25, 0.3) is 10.8 Å². The van der Waals surface area contributed by atoms with E-state index < -0.39 is 0 Å². The first-order valence-corrected chi connectivity index (χ1v) is 7.32. The van der Waals surface area contributed by atoms with E-state index in [9.17, 15) is 9.90 Å². The van der Waals surface area contributed by atoms with Crippen LogP contribution in [0, 0.1) is 5.92 Å². The number of nitrogens with two attached hydrogens (primary N) is 1. The zero-order valence-corrected chi connectivity index (χ0v) is 12.1. The third-order valence-electron chi connectivity index (χ3n) is 4.48. The van der Waals surface area contributed by atoms with Gasteiger partial charge in [0.1, 0.15) is 0 Å². The molecule has 4 nitrogen and oxygen atoms in total. The number of nitrogens with zero attached hydrogens (tertiary/aromatic N) is 1. The standard InChI is InChI=1S/C17H20N2O2/c1-11-6-7-19(16(11)10-20)17(21)14-8-12-4-2-3-5-13(12)9-15(14)18/h2-5,8-9,11,16,20H,6-7,10,18H2,1H3. The van der Waals surface area contributed by atoms with E-state index in [4.69, 9.17) is 5.73 Å². The molecular weight excluding hydrogens is 264 g/mol. The second-order valence-corrected chi connectivity index (χ2v) is 5.80. The Morgan fingerprint density at radius 3 is 2.67 bits per heavy atom. The summed E-state index contributed by atoms with van der Waals surface area (Å²) in [4.78, 5) is 14.5. The molecule has 0 aliphatic carbocycles. The van der Waals surface area contributed by atoms with E-state index in [1.807, 2.05) is 36.4 Å². The van der Waals surface area contributed by atoms with Crippen molar-refractivity contribution in [3.05, 3.63) is 42.0 Å². The highest BCUT2D eigenvalue weighted by Crippen LogP contribution is 2.28. The number of hydrogen-bond acceptors (Lipinski definition) is 3. The number of carbonyl (C=O) groups excluding carboxylic acids is 1. The maximum absolute atomic E-state index is 12.8. The molecule has 21 heavy (non-hydrogen) atoms. The molecule has 1 heterocycles. The largest absolute Gasteiger partial charge is 0.398 e. The van der Waals surface area contributed by atoms with E-state index in [-0.39, 0.29) is 18.6 Å². The molecule has 2 aromatic rings. The van der Waals surface area contributed by atoms with Crippen LogP contribution in [0.1, 0.15) is 23.7 Å². The van der Waals surface area contributed by atoms with Gasteiger partial charge in [0, 0.05) is 12.2 Å². The molecule has 0 bridgehead atoms. The van der Waals surface area contributed by atoms with Crippen molar-refractivity contribution in [1.82, 2.24) is 4.90 Å². The van der Waals surface area contributed by atoms with Crippen molar-refractivity contribution < 1.29 is 9.90 Å². The molecule has 0 saturated carbocycles. The zero-order chi connectivity index (χ0) is 15.0. The molecule has 0 radical (unpaired) electrons. The number of benzene rings is 2. The second-order valence-electron chi connectivity index (χ2n) is 5.80. The number of nitrogen functional groups attached to an aromatic ring is 1.